The van der Waals surface area contributed by atoms with E-state index in [0.29, 0.717) is 5.56 Å². The number of carboxylic acid groups (broad SMARTS) is 1. The fourth-order valence-corrected chi connectivity index (χ4v) is 4.96. The van der Waals surface area contributed by atoms with Gasteiger partial charge in [0.2, 0.25) is 0 Å². The van der Waals surface area contributed by atoms with Crippen LogP contribution in [-0.2, 0) is 4.79 Å². The Balaban J connectivity index is 1.77. The van der Waals surface area contributed by atoms with Crippen molar-refractivity contribution in [2.75, 3.05) is 11.5 Å². The summed E-state index contributed by atoms with van der Waals surface area (Å²) in [7, 11) is 0. The molecule has 0 aliphatic heterocycles. The summed E-state index contributed by atoms with van der Waals surface area (Å²) in [6.07, 6.45) is 6.74. The van der Waals surface area contributed by atoms with E-state index >= 15 is 0 Å². The zero-order valence-corrected chi connectivity index (χ0v) is 18.9. The largest absolute Gasteiger partial charge is 0.481 e. The zero-order valence-electron chi connectivity index (χ0n) is 17.2. The summed E-state index contributed by atoms with van der Waals surface area (Å²) in [6.45, 7) is 2.12. The van der Waals surface area contributed by atoms with Gasteiger partial charge in [0.25, 0.3) is 5.91 Å². The average Bonchev–Trinajstić information content (AvgIpc) is 2.77. The lowest BCUT2D eigenvalue weighted by atomic mass is 9.95. The van der Waals surface area contributed by atoms with Gasteiger partial charge in [-0.2, -0.15) is 0 Å². The lowest BCUT2D eigenvalue weighted by Crippen LogP contribution is -2.36. The Bertz CT molecular complexity index is 865. The third kappa shape index (κ3) is 6.51. The molecule has 1 aliphatic rings. The molecule has 0 radical (unpaired) electrons. The van der Waals surface area contributed by atoms with Crippen molar-refractivity contribution < 1.29 is 14.7 Å². The van der Waals surface area contributed by atoms with Crippen molar-refractivity contribution in [1.29, 1.82) is 0 Å². The van der Waals surface area contributed by atoms with Crippen molar-refractivity contribution in [2.24, 2.45) is 0 Å². The van der Waals surface area contributed by atoms with Crippen LogP contribution in [0, 0.1) is 0 Å². The van der Waals surface area contributed by atoms with Gasteiger partial charge in [-0.15, -0.1) is 23.5 Å². The minimum Gasteiger partial charge on any atom is -0.481 e. The highest BCUT2D eigenvalue weighted by Gasteiger charge is 2.20. The van der Waals surface area contributed by atoms with Gasteiger partial charge in [0.1, 0.15) is 5.03 Å². The van der Waals surface area contributed by atoms with E-state index in [1.54, 1.807) is 11.8 Å². The highest BCUT2D eigenvalue weighted by Crippen LogP contribution is 2.28. The van der Waals surface area contributed by atoms with Gasteiger partial charge in [0, 0.05) is 16.5 Å². The summed E-state index contributed by atoms with van der Waals surface area (Å²) in [4.78, 5) is 29.3. The molecule has 5 nitrogen and oxygen atoms in total. The Morgan fingerprint density at radius 3 is 2.47 bits per heavy atom. The molecule has 1 amide bonds. The minimum atomic E-state index is -0.828. The number of benzene rings is 1. The molecule has 0 unspecified atom stereocenters. The number of thioether (sulfide) groups is 2. The van der Waals surface area contributed by atoms with Gasteiger partial charge in [-0.3, -0.25) is 9.59 Å². The van der Waals surface area contributed by atoms with E-state index in [2.05, 4.69) is 12.2 Å². The number of aliphatic carboxylic acids is 1. The van der Waals surface area contributed by atoms with Gasteiger partial charge in [0.15, 0.2) is 0 Å². The first kappa shape index (κ1) is 22.7. The van der Waals surface area contributed by atoms with E-state index in [4.69, 9.17) is 10.1 Å². The van der Waals surface area contributed by atoms with E-state index in [1.165, 1.54) is 31.0 Å². The number of carbonyl (C=O) groups is 2. The Labute approximate surface area is 186 Å². The number of hydrogen-bond acceptors (Lipinski definition) is 5. The van der Waals surface area contributed by atoms with Crippen LogP contribution in [0.3, 0.4) is 0 Å². The first-order valence-electron chi connectivity index (χ1n) is 10.5. The van der Waals surface area contributed by atoms with Crippen LogP contribution in [0.4, 0.5) is 0 Å². The van der Waals surface area contributed by atoms with Gasteiger partial charge < -0.3 is 10.4 Å². The summed E-state index contributed by atoms with van der Waals surface area (Å²) in [5.41, 5.74) is 2.42. The summed E-state index contributed by atoms with van der Waals surface area (Å²) in [6, 6.07) is 11.8. The van der Waals surface area contributed by atoms with Gasteiger partial charge >= 0.3 is 5.97 Å². The number of carboxylic acids is 1. The Kier molecular flexibility index (Phi) is 8.63. The molecule has 1 fully saturated rings. The van der Waals surface area contributed by atoms with E-state index in [-0.39, 0.29) is 17.7 Å². The molecule has 1 aromatic heterocycles. The molecule has 0 atom stereocenters. The predicted octanol–water partition coefficient (Wildman–Crippen LogP) is 5.49. The second-order valence-corrected chi connectivity index (χ2v) is 9.55. The van der Waals surface area contributed by atoms with Crippen LogP contribution < -0.4 is 5.32 Å². The number of aromatic nitrogens is 1. The molecule has 1 heterocycles. The molecule has 0 bridgehead atoms. The molecule has 2 aromatic rings. The number of amides is 1. The summed E-state index contributed by atoms with van der Waals surface area (Å²) < 4.78 is 0. The van der Waals surface area contributed by atoms with Crippen molar-refractivity contribution in [2.45, 2.75) is 61.4 Å². The standard InChI is InChI=1S/C23H28N2O3S2/c1-2-14-29-23-19(22(28)24-17-6-4-3-5-7-17)12-13-20(25-23)16-8-10-18(11-9-16)30-15-21(26)27/h8-13,17H,2-7,14-15H2,1H3,(H,24,28)(H,26,27). The molecule has 30 heavy (non-hydrogen) atoms. The smallest absolute Gasteiger partial charge is 0.313 e. The highest BCUT2D eigenvalue weighted by atomic mass is 32.2. The third-order valence-electron chi connectivity index (χ3n) is 5.00. The normalized spacial score (nSPS) is 14.4. The molecule has 1 aromatic carbocycles. The molecule has 1 aliphatic carbocycles. The second kappa shape index (κ2) is 11.4. The maximum Gasteiger partial charge on any atom is 0.313 e. The fourth-order valence-electron chi connectivity index (χ4n) is 3.46. The number of nitrogens with one attached hydrogen (secondary N) is 1. The molecule has 1 saturated carbocycles. The van der Waals surface area contributed by atoms with Gasteiger partial charge in [-0.05, 0) is 49.3 Å². The molecule has 0 saturated heterocycles. The third-order valence-corrected chi connectivity index (χ3v) is 7.19. The Morgan fingerprint density at radius 1 is 1.07 bits per heavy atom. The van der Waals surface area contributed by atoms with Crippen molar-refractivity contribution in [3.05, 3.63) is 42.0 Å². The Hall–Kier alpha value is -1.99. The molecular weight excluding hydrogens is 416 g/mol. The molecule has 3 rings (SSSR count). The number of carbonyl (C=O) groups excluding carboxylic acids is 1. The van der Waals surface area contributed by atoms with E-state index in [1.807, 2.05) is 36.4 Å². The molecule has 2 N–H and O–H groups in total. The van der Waals surface area contributed by atoms with E-state index in [9.17, 15) is 9.59 Å². The maximum atomic E-state index is 12.9. The predicted molar refractivity (Wildman–Crippen MR) is 123 cm³/mol. The molecule has 160 valence electrons. The first-order chi connectivity index (χ1) is 14.6. The number of pyridine rings is 1. The topological polar surface area (TPSA) is 79.3 Å². The van der Waals surface area contributed by atoms with Crippen LogP contribution in [-0.4, -0.2) is 39.5 Å². The van der Waals surface area contributed by atoms with Crippen molar-refractivity contribution in [1.82, 2.24) is 10.3 Å². The van der Waals surface area contributed by atoms with E-state index < -0.39 is 5.97 Å². The van der Waals surface area contributed by atoms with Crippen LogP contribution in [0.2, 0.25) is 0 Å². The monoisotopic (exact) mass is 444 g/mol. The van der Waals surface area contributed by atoms with Gasteiger partial charge in [0.05, 0.1) is 17.0 Å². The van der Waals surface area contributed by atoms with Crippen LogP contribution in [0.15, 0.2) is 46.3 Å². The molecular formula is C23H28N2O3S2. The number of hydrogen-bond donors (Lipinski definition) is 2. The number of nitrogens with zero attached hydrogens (tertiary/aromatic N) is 1. The number of rotatable bonds is 9. The van der Waals surface area contributed by atoms with Crippen LogP contribution in [0.5, 0.6) is 0 Å². The fraction of sp³-hybridized carbons (Fsp3) is 0.435. The minimum absolute atomic E-state index is 0.0278. The summed E-state index contributed by atoms with van der Waals surface area (Å²) in [5, 5.41) is 12.8. The summed E-state index contributed by atoms with van der Waals surface area (Å²) in [5.74, 6) is 0.0934. The van der Waals surface area contributed by atoms with Crippen molar-refractivity contribution in [3.63, 3.8) is 0 Å². The van der Waals surface area contributed by atoms with Crippen LogP contribution in [0.1, 0.15) is 55.8 Å². The van der Waals surface area contributed by atoms with Gasteiger partial charge in [-0.25, -0.2) is 4.98 Å². The zero-order chi connectivity index (χ0) is 21.3. The summed E-state index contributed by atoms with van der Waals surface area (Å²) >= 11 is 2.91. The van der Waals surface area contributed by atoms with Crippen molar-refractivity contribution in [3.8, 4) is 11.3 Å². The lowest BCUT2D eigenvalue weighted by Gasteiger charge is -2.23. The average molecular weight is 445 g/mol. The highest BCUT2D eigenvalue weighted by molar-refractivity contribution is 8.00. The SMILES string of the molecule is CCCSc1nc(-c2ccc(SCC(=O)O)cc2)ccc1C(=O)NC1CCCCC1. The molecule has 0 spiro atoms. The van der Waals surface area contributed by atoms with Crippen molar-refractivity contribution >= 4 is 35.4 Å². The van der Waals surface area contributed by atoms with Crippen LogP contribution in [0.25, 0.3) is 11.3 Å². The first-order valence-corrected chi connectivity index (χ1v) is 12.4. The van der Waals surface area contributed by atoms with Crippen LogP contribution >= 0.6 is 23.5 Å². The molecule has 7 heteroatoms. The van der Waals surface area contributed by atoms with Gasteiger partial charge in [-0.1, -0.05) is 38.3 Å². The second-order valence-electron chi connectivity index (χ2n) is 7.41. The van der Waals surface area contributed by atoms with E-state index in [0.717, 1.165) is 46.2 Å². The lowest BCUT2D eigenvalue weighted by molar-refractivity contribution is -0.133. The Morgan fingerprint density at radius 2 is 1.80 bits per heavy atom. The maximum absolute atomic E-state index is 12.9. The quantitative estimate of drug-likeness (QED) is 0.498.